The van der Waals surface area contributed by atoms with E-state index in [0.717, 1.165) is 11.1 Å². The lowest BCUT2D eigenvalue weighted by Crippen LogP contribution is -2.19. The Labute approximate surface area is 118 Å². The summed E-state index contributed by atoms with van der Waals surface area (Å²) in [5.41, 5.74) is 2.25. The summed E-state index contributed by atoms with van der Waals surface area (Å²) < 4.78 is 11.0. The number of ketones is 1. The lowest BCUT2D eigenvalue weighted by molar-refractivity contribution is -0.144. The molecule has 0 aromatic heterocycles. The van der Waals surface area contributed by atoms with E-state index in [0.29, 0.717) is 24.3 Å². The number of ether oxygens (including phenoxy) is 2. The first kappa shape index (κ1) is 14.3. The molecule has 1 heterocycles. The van der Waals surface area contributed by atoms with Crippen molar-refractivity contribution in [1.29, 1.82) is 0 Å². The zero-order valence-corrected chi connectivity index (χ0v) is 11.9. The number of carbonyl (C=O) groups excluding carboxylic acids is 2. The van der Waals surface area contributed by atoms with Crippen LogP contribution in [-0.4, -0.2) is 18.4 Å². The highest BCUT2D eigenvalue weighted by Crippen LogP contribution is 2.35. The van der Waals surface area contributed by atoms with Crippen LogP contribution in [0.2, 0.25) is 0 Å². The van der Waals surface area contributed by atoms with Gasteiger partial charge in [-0.15, -0.1) is 0 Å². The molecule has 0 radical (unpaired) electrons. The summed E-state index contributed by atoms with van der Waals surface area (Å²) in [6.07, 6.45) is 1.70. The van der Waals surface area contributed by atoms with Gasteiger partial charge in [0.15, 0.2) is 5.78 Å². The van der Waals surface area contributed by atoms with Gasteiger partial charge in [0.25, 0.3) is 0 Å². The molecule has 0 fully saturated rings. The van der Waals surface area contributed by atoms with Crippen LogP contribution in [0.5, 0.6) is 5.75 Å². The number of benzene rings is 1. The van der Waals surface area contributed by atoms with Gasteiger partial charge in [0, 0.05) is 23.6 Å². The molecule has 0 bridgehead atoms. The predicted molar refractivity (Wildman–Crippen MR) is 74.8 cm³/mol. The average molecular weight is 274 g/mol. The lowest BCUT2D eigenvalue weighted by Gasteiger charge is -2.25. The maximum absolute atomic E-state index is 11.7. The molecule has 0 saturated carbocycles. The Kier molecular flexibility index (Phi) is 4.23. The molecule has 0 saturated heterocycles. The van der Waals surface area contributed by atoms with Crippen molar-refractivity contribution in [2.45, 2.75) is 33.3 Å². The maximum atomic E-state index is 11.7. The van der Waals surface area contributed by atoms with Crippen molar-refractivity contribution in [1.82, 2.24) is 0 Å². The van der Waals surface area contributed by atoms with Gasteiger partial charge in [-0.3, -0.25) is 4.79 Å². The quantitative estimate of drug-likeness (QED) is 0.482. The fourth-order valence-electron chi connectivity index (χ4n) is 2.11. The highest BCUT2D eigenvalue weighted by molar-refractivity contribution is 5.94. The van der Waals surface area contributed by atoms with Crippen molar-refractivity contribution >= 4 is 11.8 Å². The standard InChI is InChI=1S/C16H18O4/c1-10(2)8-16(18)20-15-6-7-19-14-5-4-12(11(3)17)9-13(14)15/h4-5,8-9,15H,6-7H2,1-3H3. The number of hydrogen-bond acceptors (Lipinski definition) is 4. The average Bonchev–Trinajstić information content (AvgIpc) is 2.37. The van der Waals surface area contributed by atoms with Crippen molar-refractivity contribution in [3.8, 4) is 5.75 Å². The summed E-state index contributed by atoms with van der Waals surface area (Å²) in [6.45, 7) is 5.69. The summed E-state index contributed by atoms with van der Waals surface area (Å²) in [6, 6.07) is 5.23. The van der Waals surface area contributed by atoms with Crippen LogP contribution in [0.3, 0.4) is 0 Å². The fourth-order valence-corrected chi connectivity index (χ4v) is 2.11. The Hall–Kier alpha value is -2.10. The molecule has 4 nitrogen and oxygen atoms in total. The molecule has 1 aromatic rings. The van der Waals surface area contributed by atoms with Gasteiger partial charge in [0.1, 0.15) is 11.9 Å². The van der Waals surface area contributed by atoms with E-state index in [9.17, 15) is 9.59 Å². The SMILES string of the molecule is CC(=O)c1ccc2c(c1)C(OC(=O)C=C(C)C)CCO2. The van der Waals surface area contributed by atoms with Crippen molar-refractivity contribution in [3.63, 3.8) is 0 Å². The molecule has 1 aromatic carbocycles. The van der Waals surface area contributed by atoms with Crippen LogP contribution in [0, 0.1) is 0 Å². The molecule has 106 valence electrons. The third kappa shape index (κ3) is 3.26. The first-order valence-electron chi connectivity index (χ1n) is 6.60. The van der Waals surface area contributed by atoms with Gasteiger partial charge in [0.2, 0.25) is 0 Å². The Bertz CT molecular complexity index is 568. The first-order valence-corrected chi connectivity index (χ1v) is 6.60. The second kappa shape index (κ2) is 5.90. The van der Waals surface area contributed by atoms with Crippen LogP contribution in [0.1, 0.15) is 49.2 Å². The van der Waals surface area contributed by atoms with Crippen molar-refractivity contribution in [3.05, 3.63) is 41.0 Å². The smallest absolute Gasteiger partial charge is 0.331 e. The Morgan fingerprint density at radius 3 is 2.70 bits per heavy atom. The lowest BCUT2D eigenvalue weighted by atomic mass is 9.99. The van der Waals surface area contributed by atoms with E-state index in [-0.39, 0.29) is 17.9 Å². The largest absolute Gasteiger partial charge is 0.493 e. The molecule has 0 aliphatic carbocycles. The Morgan fingerprint density at radius 1 is 1.30 bits per heavy atom. The minimum Gasteiger partial charge on any atom is -0.493 e. The van der Waals surface area contributed by atoms with Crippen LogP contribution < -0.4 is 4.74 Å². The molecule has 0 spiro atoms. The monoisotopic (exact) mass is 274 g/mol. The number of allylic oxidation sites excluding steroid dienone is 1. The van der Waals surface area contributed by atoms with E-state index in [1.807, 2.05) is 13.8 Å². The summed E-state index contributed by atoms with van der Waals surface area (Å²) >= 11 is 0. The third-order valence-electron chi connectivity index (χ3n) is 3.07. The van der Waals surface area contributed by atoms with Gasteiger partial charge < -0.3 is 9.47 Å². The van der Waals surface area contributed by atoms with Gasteiger partial charge in [-0.1, -0.05) is 5.57 Å². The highest BCUT2D eigenvalue weighted by atomic mass is 16.5. The van der Waals surface area contributed by atoms with Crippen LogP contribution >= 0.6 is 0 Å². The van der Waals surface area contributed by atoms with Crippen LogP contribution in [0.25, 0.3) is 0 Å². The number of rotatable bonds is 3. The van der Waals surface area contributed by atoms with Crippen molar-refractivity contribution < 1.29 is 19.1 Å². The molecule has 0 amide bonds. The van der Waals surface area contributed by atoms with Crippen LogP contribution in [0.4, 0.5) is 0 Å². The summed E-state index contributed by atoms with van der Waals surface area (Å²) in [7, 11) is 0. The number of hydrogen-bond donors (Lipinski definition) is 0. The molecule has 1 atom stereocenters. The molecule has 0 N–H and O–H groups in total. The van der Waals surface area contributed by atoms with E-state index in [1.165, 1.54) is 13.0 Å². The molecular weight excluding hydrogens is 256 g/mol. The van der Waals surface area contributed by atoms with Crippen LogP contribution in [0.15, 0.2) is 29.8 Å². The maximum Gasteiger partial charge on any atom is 0.331 e. The summed E-state index contributed by atoms with van der Waals surface area (Å²) in [4.78, 5) is 23.2. The molecule has 1 aliphatic rings. The van der Waals surface area contributed by atoms with Gasteiger partial charge in [-0.25, -0.2) is 4.79 Å². The minimum absolute atomic E-state index is 0.0206. The normalized spacial score (nSPS) is 16.6. The fraction of sp³-hybridized carbons (Fsp3) is 0.375. The van der Waals surface area contributed by atoms with Crippen molar-refractivity contribution in [2.75, 3.05) is 6.61 Å². The van der Waals surface area contributed by atoms with E-state index in [2.05, 4.69) is 0 Å². The number of Topliss-reactive ketones (excluding diaryl/α,β-unsaturated/α-hetero) is 1. The topological polar surface area (TPSA) is 52.6 Å². The molecule has 20 heavy (non-hydrogen) atoms. The summed E-state index contributed by atoms with van der Waals surface area (Å²) in [5.74, 6) is 0.292. The first-order chi connectivity index (χ1) is 9.47. The third-order valence-corrected chi connectivity index (χ3v) is 3.07. The van der Waals surface area contributed by atoms with Gasteiger partial charge in [0.05, 0.1) is 6.61 Å². The van der Waals surface area contributed by atoms with E-state index in [1.54, 1.807) is 18.2 Å². The van der Waals surface area contributed by atoms with Gasteiger partial charge in [-0.05, 0) is 39.0 Å². The number of carbonyl (C=O) groups is 2. The second-order valence-corrected chi connectivity index (χ2v) is 5.09. The van der Waals surface area contributed by atoms with Crippen LogP contribution in [-0.2, 0) is 9.53 Å². The van der Waals surface area contributed by atoms with E-state index in [4.69, 9.17) is 9.47 Å². The van der Waals surface area contributed by atoms with Gasteiger partial charge in [-0.2, -0.15) is 0 Å². The zero-order chi connectivity index (χ0) is 14.7. The van der Waals surface area contributed by atoms with Gasteiger partial charge >= 0.3 is 5.97 Å². The molecular formula is C16H18O4. The number of esters is 1. The second-order valence-electron chi connectivity index (χ2n) is 5.09. The molecule has 4 heteroatoms. The Morgan fingerprint density at radius 2 is 2.05 bits per heavy atom. The number of fused-ring (bicyclic) bond motifs is 1. The van der Waals surface area contributed by atoms with Crippen molar-refractivity contribution in [2.24, 2.45) is 0 Å². The Balaban J connectivity index is 2.26. The van der Waals surface area contributed by atoms with E-state index >= 15 is 0 Å². The minimum atomic E-state index is -0.365. The predicted octanol–water partition coefficient (Wildman–Crippen LogP) is 3.22. The molecule has 1 aliphatic heterocycles. The zero-order valence-electron chi connectivity index (χ0n) is 11.9. The molecule has 2 rings (SSSR count). The summed E-state index contributed by atoms with van der Waals surface area (Å²) in [5, 5.41) is 0. The van der Waals surface area contributed by atoms with E-state index < -0.39 is 0 Å². The molecule has 1 unspecified atom stereocenters. The highest BCUT2D eigenvalue weighted by Gasteiger charge is 2.25.